The van der Waals surface area contributed by atoms with Gasteiger partial charge in [-0.05, 0) is 30.4 Å². The Balaban J connectivity index is 1.48. The van der Waals surface area contributed by atoms with Gasteiger partial charge in [-0.1, -0.05) is 72.4 Å². The van der Waals surface area contributed by atoms with Gasteiger partial charge in [-0.3, -0.25) is 9.36 Å². The Hall–Kier alpha value is -2.86. The number of aromatic nitrogens is 3. The molecule has 0 bridgehead atoms. The van der Waals surface area contributed by atoms with Crippen molar-refractivity contribution in [3.05, 3.63) is 78.4 Å². The number of thioether (sulfide) groups is 1. The van der Waals surface area contributed by atoms with Crippen molar-refractivity contribution in [1.29, 1.82) is 0 Å². The van der Waals surface area contributed by atoms with Gasteiger partial charge in [0.25, 0.3) is 0 Å². The van der Waals surface area contributed by atoms with E-state index in [1.807, 2.05) is 52.9 Å². The summed E-state index contributed by atoms with van der Waals surface area (Å²) >= 11 is 1.43. The SMILES string of the molecule is C=CCn1c(SCC(=O)N(C)C2CCCc3ccccc32)nnc1-c1ccccc1. The third-order valence-corrected chi connectivity index (χ3v) is 6.54. The van der Waals surface area contributed by atoms with Crippen molar-refractivity contribution in [2.24, 2.45) is 0 Å². The largest absolute Gasteiger partial charge is 0.338 e. The summed E-state index contributed by atoms with van der Waals surface area (Å²) in [7, 11) is 1.92. The predicted molar refractivity (Wildman–Crippen MR) is 121 cm³/mol. The van der Waals surface area contributed by atoms with Crippen molar-refractivity contribution in [2.45, 2.75) is 37.0 Å². The van der Waals surface area contributed by atoms with Crippen LogP contribution in [0.4, 0.5) is 0 Å². The quantitative estimate of drug-likeness (QED) is 0.410. The number of aryl methyl sites for hydroxylation is 1. The highest BCUT2D eigenvalue weighted by atomic mass is 32.2. The summed E-state index contributed by atoms with van der Waals surface area (Å²) in [6, 6.07) is 18.6. The number of benzene rings is 2. The van der Waals surface area contributed by atoms with E-state index < -0.39 is 0 Å². The summed E-state index contributed by atoms with van der Waals surface area (Å²) in [5, 5.41) is 9.45. The van der Waals surface area contributed by atoms with Gasteiger partial charge in [0, 0.05) is 19.2 Å². The molecule has 2 aromatic carbocycles. The minimum Gasteiger partial charge on any atom is -0.338 e. The molecule has 0 saturated heterocycles. The van der Waals surface area contributed by atoms with Crippen LogP contribution < -0.4 is 0 Å². The van der Waals surface area contributed by atoms with Crippen molar-refractivity contribution in [1.82, 2.24) is 19.7 Å². The number of hydrogen-bond donors (Lipinski definition) is 0. The third-order valence-electron chi connectivity index (χ3n) is 5.58. The third kappa shape index (κ3) is 4.19. The number of fused-ring (bicyclic) bond motifs is 1. The average molecular weight is 419 g/mol. The van der Waals surface area contributed by atoms with Gasteiger partial charge in [-0.25, -0.2) is 0 Å². The lowest BCUT2D eigenvalue weighted by Crippen LogP contribution is -2.34. The first-order valence-electron chi connectivity index (χ1n) is 10.2. The molecule has 1 aromatic heterocycles. The van der Waals surface area contributed by atoms with E-state index >= 15 is 0 Å². The van der Waals surface area contributed by atoms with Crippen LogP contribution in [0.3, 0.4) is 0 Å². The first-order valence-corrected chi connectivity index (χ1v) is 11.2. The van der Waals surface area contributed by atoms with Gasteiger partial charge >= 0.3 is 0 Å². The normalized spacial score (nSPS) is 15.4. The van der Waals surface area contributed by atoms with E-state index in [-0.39, 0.29) is 11.9 Å². The molecule has 1 amide bonds. The molecule has 0 fully saturated rings. The summed E-state index contributed by atoms with van der Waals surface area (Å²) in [5.41, 5.74) is 3.64. The van der Waals surface area contributed by atoms with E-state index in [1.165, 1.54) is 22.9 Å². The zero-order valence-electron chi connectivity index (χ0n) is 17.2. The van der Waals surface area contributed by atoms with Crippen LogP contribution in [-0.4, -0.2) is 38.4 Å². The molecule has 5 nitrogen and oxygen atoms in total. The Labute approximate surface area is 181 Å². The van der Waals surface area contributed by atoms with E-state index in [1.54, 1.807) is 0 Å². The van der Waals surface area contributed by atoms with Crippen LogP contribution in [0.1, 0.15) is 30.0 Å². The number of nitrogens with zero attached hydrogens (tertiary/aromatic N) is 4. The number of amides is 1. The molecular weight excluding hydrogens is 392 g/mol. The zero-order chi connectivity index (χ0) is 20.9. The fourth-order valence-corrected chi connectivity index (χ4v) is 4.89. The zero-order valence-corrected chi connectivity index (χ0v) is 18.0. The standard InChI is InChI=1S/C24H26N4OS/c1-3-16-28-23(19-11-5-4-6-12-19)25-26-24(28)30-17-22(29)27(2)21-15-9-13-18-10-7-8-14-20(18)21/h3-8,10-12,14,21H,1,9,13,15-17H2,2H3. The van der Waals surface area contributed by atoms with E-state index in [0.717, 1.165) is 35.8 Å². The lowest BCUT2D eigenvalue weighted by atomic mass is 9.87. The molecule has 0 aliphatic heterocycles. The van der Waals surface area contributed by atoms with Gasteiger partial charge in [0.15, 0.2) is 11.0 Å². The Morgan fingerprint density at radius 1 is 1.20 bits per heavy atom. The molecule has 154 valence electrons. The maximum absolute atomic E-state index is 13.0. The van der Waals surface area contributed by atoms with Crippen LogP contribution >= 0.6 is 11.8 Å². The van der Waals surface area contributed by atoms with E-state index in [4.69, 9.17) is 0 Å². The molecule has 0 radical (unpaired) electrons. The van der Waals surface area contributed by atoms with Crippen molar-refractivity contribution >= 4 is 17.7 Å². The second-order valence-electron chi connectivity index (χ2n) is 7.47. The molecule has 1 unspecified atom stereocenters. The van der Waals surface area contributed by atoms with Crippen LogP contribution in [0.15, 0.2) is 72.4 Å². The van der Waals surface area contributed by atoms with Crippen molar-refractivity contribution in [3.63, 3.8) is 0 Å². The Morgan fingerprint density at radius 3 is 2.77 bits per heavy atom. The minimum absolute atomic E-state index is 0.108. The smallest absolute Gasteiger partial charge is 0.233 e. The molecule has 6 heteroatoms. The second-order valence-corrected chi connectivity index (χ2v) is 8.41. The van der Waals surface area contributed by atoms with Gasteiger partial charge in [0.05, 0.1) is 11.8 Å². The minimum atomic E-state index is 0.108. The van der Waals surface area contributed by atoms with E-state index in [9.17, 15) is 4.79 Å². The first kappa shape index (κ1) is 20.4. The van der Waals surface area contributed by atoms with Crippen LogP contribution in [0.25, 0.3) is 11.4 Å². The molecule has 4 rings (SSSR count). The predicted octanol–water partition coefficient (Wildman–Crippen LogP) is 4.76. The van der Waals surface area contributed by atoms with Crippen LogP contribution in [0, 0.1) is 0 Å². The lowest BCUT2D eigenvalue weighted by Gasteiger charge is -2.33. The molecule has 0 N–H and O–H groups in total. The van der Waals surface area contributed by atoms with Crippen LogP contribution in [0.5, 0.6) is 0 Å². The average Bonchev–Trinajstić information content (AvgIpc) is 3.20. The van der Waals surface area contributed by atoms with Crippen molar-refractivity contribution < 1.29 is 4.79 Å². The second kappa shape index (κ2) is 9.30. The molecule has 1 aliphatic rings. The van der Waals surface area contributed by atoms with Crippen LogP contribution in [-0.2, 0) is 17.8 Å². The Bertz CT molecular complexity index is 1030. The fourth-order valence-electron chi connectivity index (χ4n) is 4.02. The lowest BCUT2D eigenvalue weighted by molar-refractivity contribution is -0.129. The summed E-state index contributed by atoms with van der Waals surface area (Å²) < 4.78 is 2.01. The van der Waals surface area contributed by atoms with Crippen molar-refractivity contribution in [3.8, 4) is 11.4 Å². The highest BCUT2D eigenvalue weighted by Crippen LogP contribution is 2.34. The Kier molecular flexibility index (Phi) is 6.33. The fraction of sp³-hybridized carbons (Fsp3) is 0.292. The number of hydrogen-bond acceptors (Lipinski definition) is 4. The number of carbonyl (C=O) groups is 1. The summed E-state index contributed by atoms with van der Waals surface area (Å²) in [5.74, 6) is 1.23. The molecule has 0 saturated carbocycles. The molecule has 30 heavy (non-hydrogen) atoms. The molecule has 1 heterocycles. The van der Waals surface area contributed by atoms with Gasteiger partial charge in [0.2, 0.25) is 5.91 Å². The first-order chi connectivity index (χ1) is 14.7. The van der Waals surface area contributed by atoms with Gasteiger partial charge in [-0.15, -0.1) is 16.8 Å². The molecule has 3 aromatic rings. The topological polar surface area (TPSA) is 51.0 Å². The highest BCUT2D eigenvalue weighted by Gasteiger charge is 2.27. The van der Waals surface area contributed by atoms with Gasteiger partial charge in [0.1, 0.15) is 0 Å². The van der Waals surface area contributed by atoms with Crippen molar-refractivity contribution in [2.75, 3.05) is 12.8 Å². The van der Waals surface area contributed by atoms with E-state index in [2.05, 4.69) is 41.0 Å². The summed E-state index contributed by atoms with van der Waals surface area (Å²) in [4.78, 5) is 14.9. The molecule has 1 aliphatic carbocycles. The Morgan fingerprint density at radius 2 is 1.97 bits per heavy atom. The maximum atomic E-state index is 13.0. The maximum Gasteiger partial charge on any atom is 0.233 e. The summed E-state index contributed by atoms with van der Waals surface area (Å²) in [6.07, 6.45) is 5.04. The van der Waals surface area contributed by atoms with E-state index in [0.29, 0.717) is 12.3 Å². The van der Waals surface area contributed by atoms with Crippen LogP contribution in [0.2, 0.25) is 0 Å². The number of rotatable bonds is 7. The molecule has 1 atom stereocenters. The monoisotopic (exact) mass is 418 g/mol. The number of carbonyl (C=O) groups excluding carboxylic acids is 1. The highest BCUT2D eigenvalue weighted by molar-refractivity contribution is 7.99. The number of allylic oxidation sites excluding steroid dienone is 1. The summed E-state index contributed by atoms with van der Waals surface area (Å²) in [6.45, 7) is 4.45. The van der Waals surface area contributed by atoms with Gasteiger partial charge < -0.3 is 4.90 Å². The molecule has 0 spiro atoms. The van der Waals surface area contributed by atoms with Gasteiger partial charge in [-0.2, -0.15) is 0 Å². The molecular formula is C24H26N4OS.